The summed E-state index contributed by atoms with van der Waals surface area (Å²) in [6.07, 6.45) is 5.21. The maximum Gasteiger partial charge on any atom is 0.247 e. The molecule has 2 aromatic carbocycles. The van der Waals surface area contributed by atoms with E-state index in [-0.39, 0.29) is 5.91 Å². The number of nitrogens with zero attached hydrogens (tertiary/aromatic N) is 5. The molecule has 4 aromatic rings. The van der Waals surface area contributed by atoms with Gasteiger partial charge in [-0.3, -0.25) is 9.89 Å². The van der Waals surface area contributed by atoms with Gasteiger partial charge >= 0.3 is 0 Å². The van der Waals surface area contributed by atoms with Gasteiger partial charge in [-0.25, -0.2) is 4.98 Å². The first kappa shape index (κ1) is 23.1. The summed E-state index contributed by atoms with van der Waals surface area (Å²) in [4.78, 5) is 23.6. The van der Waals surface area contributed by atoms with Gasteiger partial charge in [0.05, 0.1) is 28.9 Å². The Bertz CT molecular complexity index is 1480. The fourth-order valence-electron chi connectivity index (χ4n) is 4.38. The van der Waals surface area contributed by atoms with Crippen molar-refractivity contribution >= 4 is 40.0 Å². The number of hydrogen-bond donors (Lipinski definition) is 3. The van der Waals surface area contributed by atoms with Crippen molar-refractivity contribution in [2.75, 3.05) is 28.6 Å². The summed E-state index contributed by atoms with van der Waals surface area (Å²) in [5.74, 6) is 0.795. The number of amides is 1. The number of rotatable bonds is 6. The van der Waals surface area contributed by atoms with Gasteiger partial charge < -0.3 is 15.5 Å². The van der Waals surface area contributed by atoms with Gasteiger partial charge in [0.15, 0.2) is 5.65 Å². The number of carbonyl (C=O) groups excluding carboxylic acids is 1. The first-order valence-corrected chi connectivity index (χ1v) is 11.8. The first-order valence-electron chi connectivity index (χ1n) is 11.8. The van der Waals surface area contributed by atoms with Crippen molar-refractivity contribution in [2.24, 2.45) is 5.92 Å². The third-order valence-electron chi connectivity index (χ3n) is 6.35. The topological polar surface area (TPSA) is 123 Å². The molecule has 0 atom stereocenters. The molecule has 1 fully saturated rings. The van der Waals surface area contributed by atoms with Crippen LogP contribution in [0.2, 0.25) is 0 Å². The maximum atomic E-state index is 11.8. The van der Waals surface area contributed by atoms with Crippen molar-refractivity contribution in [3.05, 3.63) is 66.9 Å². The van der Waals surface area contributed by atoms with E-state index >= 15 is 0 Å². The third kappa shape index (κ3) is 4.88. The quantitative estimate of drug-likeness (QED) is 0.333. The fourth-order valence-corrected chi connectivity index (χ4v) is 4.38. The van der Waals surface area contributed by atoms with Gasteiger partial charge in [-0.05, 0) is 61.2 Å². The second kappa shape index (κ2) is 9.88. The molecule has 9 heteroatoms. The second-order valence-electron chi connectivity index (χ2n) is 8.98. The highest BCUT2D eigenvalue weighted by molar-refractivity contribution is 6.00. The number of carbonyl (C=O) groups is 1. The Morgan fingerprint density at radius 2 is 2.03 bits per heavy atom. The van der Waals surface area contributed by atoms with Crippen molar-refractivity contribution < 1.29 is 4.79 Å². The lowest BCUT2D eigenvalue weighted by Gasteiger charge is -2.32. The average molecular weight is 479 g/mol. The second-order valence-corrected chi connectivity index (χ2v) is 8.98. The van der Waals surface area contributed by atoms with E-state index in [2.05, 4.69) is 62.4 Å². The highest BCUT2D eigenvalue weighted by Crippen LogP contribution is 2.31. The van der Waals surface area contributed by atoms with Crippen molar-refractivity contribution in [3.63, 3.8) is 0 Å². The Morgan fingerprint density at radius 3 is 2.81 bits per heavy atom. The predicted octanol–water partition coefficient (Wildman–Crippen LogP) is 5.00. The van der Waals surface area contributed by atoms with E-state index < -0.39 is 0 Å². The van der Waals surface area contributed by atoms with Crippen molar-refractivity contribution in [1.29, 1.82) is 5.26 Å². The van der Waals surface area contributed by atoms with Crippen LogP contribution in [0.5, 0.6) is 0 Å². The van der Waals surface area contributed by atoms with E-state index in [0.29, 0.717) is 39.5 Å². The molecule has 0 bridgehead atoms. The lowest BCUT2D eigenvalue weighted by Crippen LogP contribution is -2.32. The van der Waals surface area contributed by atoms with Crippen molar-refractivity contribution in [1.82, 2.24) is 20.2 Å². The molecule has 1 aliphatic rings. The predicted molar refractivity (Wildman–Crippen MR) is 141 cm³/mol. The normalized spacial score (nSPS) is 13.8. The number of benzene rings is 2. The monoisotopic (exact) mass is 478 g/mol. The minimum absolute atomic E-state index is 0.363. The van der Waals surface area contributed by atoms with E-state index in [0.717, 1.165) is 24.7 Å². The molecule has 0 spiro atoms. The van der Waals surface area contributed by atoms with Crippen LogP contribution in [-0.2, 0) is 4.79 Å². The van der Waals surface area contributed by atoms with Gasteiger partial charge in [0.1, 0.15) is 0 Å². The fraction of sp³-hybridized carbons (Fsp3) is 0.222. The van der Waals surface area contributed by atoms with Crippen LogP contribution in [0, 0.1) is 17.2 Å². The molecule has 180 valence electrons. The Labute approximate surface area is 208 Å². The third-order valence-corrected chi connectivity index (χ3v) is 6.35. The lowest BCUT2D eigenvalue weighted by molar-refractivity contribution is -0.111. The Hall–Kier alpha value is -4.71. The minimum Gasteiger partial charge on any atom is -0.371 e. The van der Waals surface area contributed by atoms with Crippen LogP contribution in [-0.4, -0.2) is 39.2 Å². The van der Waals surface area contributed by atoms with Crippen molar-refractivity contribution in [3.8, 4) is 17.3 Å². The number of piperidine rings is 1. The van der Waals surface area contributed by atoms with Crippen LogP contribution < -0.4 is 15.5 Å². The van der Waals surface area contributed by atoms with E-state index in [4.69, 9.17) is 4.98 Å². The summed E-state index contributed by atoms with van der Waals surface area (Å²) < 4.78 is 0. The Kier molecular flexibility index (Phi) is 6.33. The molecule has 5 rings (SSSR count). The average Bonchev–Trinajstić information content (AvgIpc) is 3.37. The zero-order valence-electron chi connectivity index (χ0n) is 20.0. The van der Waals surface area contributed by atoms with Gasteiger partial charge in [0.2, 0.25) is 11.9 Å². The summed E-state index contributed by atoms with van der Waals surface area (Å²) in [6, 6.07) is 15.5. The molecule has 3 N–H and O–H groups in total. The van der Waals surface area contributed by atoms with Crippen LogP contribution in [0.4, 0.5) is 23.0 Å². The lowest BCUT2D eigenvalue weighted by atomic mass is 9.99. The molecule has 0 aliphatic carbocycles. The molecule has 1 amide bonds. The smallest absolute Gasteiger partial charge is 0.247 e. The Balaban J connectivity index is 1.50. The van der Waals surface area contributed by atoms with Gasteiger partial charge in [-0.1, -0.05) is 19.6 Å². The number of anilines is 4. The molecule has 1 saturated heterocycles. The van der Waals surface area contributed by atoms with Crippen LogP contribution >= 0.6 is 0 Å². The van der Waals surface area contributed by atoms with E-state index in [1.165, 1.54) is 24.6 Å². The number of aromatic amines is 1. The van der Waals surface area contributed by atoms with E-state index in [1.807, 2.05) is 12.1 Å². The molecule has 2 aromatic heterocycles. The maximum absolute atomic E-state index is 11.8. The van der Waals surface area contributed by atoms with Gasteiger partial charge in [-0.2, -0.15) is 15.3 Å². The molecule has 3 heterocycles. The van der Waals surface area contributed by atoms with Crippen LogP contribution in [0.3, 0.4) is 0 Å². The van der Waals surface area contributed by atoms with Gasteiger partial charge in [-0.15, -0.1) is 0 Å². The van der Waals surface area contributed by atoms with Gasteiger partial charge in [0, 0.05) is 35.7 Å². The summed E-state index contributed by atoms with van der Waals surface area (Å²) in [5, 5.41) is 23.3. The molecule has 0 unspecified atom stereocenters. The largest absolute Gasteiger partial charge is 0.371 e. The van der Waals surface area contributed by atoms with Crippen LogP contribution in [0.25, 0.3) is 22.3 Å². The first-order chi connectivity index (χ1) is 17.5. The highest BCUT2D eigenvalue weighted by Gasteiger charge is 2.17. The minimum atomic E-state index is -0.363. The number of hydrogen-bond acceptors (Lipinski definition) is 7. The SMILES string of the molecule is C=CC(=O)Nc1cc(C#N)cc(-c2nc(Nc3cccc(N4CCC(C)CC4)c3)nc3[nH]ncc23)c1. The number of nitrogens with one attached hydrogen (secondary N) is 3. The molecular weight excluding hydrogens is 452 g/mol. The van der Waals surface area contributed by atoms with Gasteiger partial charge in [0.25, 0.3) is 0 Å². The summed E-state index contributed by atoms with van der Waals surface area (Å²) in [7, 11) is 0. The van der Waals surface area contributed by atoms with E-state index in [1.54, 1.807) is 24.4 Å². The number of aromatic nitrogens is 4. The molecule has 36 heavy (non-hydrogen) atoms. The molecular formula is C27H26N8O. The molecule has 0 radical (unpaired) electrons. The van der Waals surface area contributed by atoms with E-state index in [9.17, 15) is 10.1 Å². The van der Waals surface area contributed by atoms with Crippen LogP contribution in [0.1, 0.15) is 25.3 Å². The number of fused-ring (bicyclic) bond motifs is 1. The summed E-state index contributed by atoms with van der Waals surface area (Å²) in [6.45, 7) is 7.88. The van der Waals surface area contributed by atoms with Crippen molar-refractivity contribution in [2.45, 2.75) is 19.8 Å². The molecule has 0 saturated carbocycles. The number of H-pyrrole nitrogens is 1. The zero-order valence-corrected chi connectivity index (χ0v) is 20.0. The summed E-state index contributed by atoms with van der Waals surface area (Å²) >= 11 is 0. The highest BCUT2D eigenvalue weighted by atomic mass is 16.1. The standard InChI is InChI=1S/C27H26N8O/c1-3-24(36)30-21-12-18(15-28)11-19(13-21)25-23-16-29-34-26(23)33-27(32-25)31-20-5-4-6-22(14-20)35-9-7-17(2)8-10-35/h3-6,11-14,16-17H,1,7-10H2,2H3,(H,30,36)(H2,29,31,32,33,34). The molecule has 1 aliphatic heterocycles. The summed E-state index contributed by atoms with van der Waals surface area (Å²) in [5.41, 5.74) is 4.70. The zero-order chi connectivity index (χ0) is 25.1. The molecule has 9 nitrogen and oxygen atoms in total. The van der Waals surface area contributed by atoms with Crippen LogP contribution in [0.15, 0.2) is 61.3 Å². The Morgan fingerprint density at radius 1 is 1.19 bits per heavy atom. The number of nitriles is 1.